The Morgan fingerprint density at radius 1 is 0.926 bits per heavy atom. The smallest absolute Gasteiger partial charge is 0.317 e. The second-order valence-corrected chi connectivity index (χ2v) is 7.04. The van der Waals surface area contributed by atoms with Crippen LogP contribution in [0.15, 0.2) is 60.7 Å². The molecule has 0 saturated heterocycles. The van der Waals surface area contributed by atoms with Gasteiger partial charge in [-0.3, -0.25) is 0 Å². The largest absolute Gasteiger partial charge is 0.394 e. The first-order valence-electron chi connectivity index (χ1n) is 9.47. The van der Waals surface area contributed by atoms with Crippen LogP contribution in [0.2, 0.25) is 0 Å². The van der Waals surface area contributed by atoms with Crippen LogP contribution < -0.4 is 5.32 Å². The van der Waals surface area contributed by atoms with E-state index in [0.29, 0.717) is 19.5 Å². The average Bonchev–Trinajstić information content (AvgIpc) is 2.68. The normalized spacial score (nSPS) is 12.0. The lowest BCUT2D eigenvalue weighted by molar-refractivity contribution is 0.177. The van der Waals surface area contributed by atoms with Gasteiger partial charge in [-0.2, -0.15) is 0 Å². The van der Waals surface area contributed by atoms with Gasteiger partial charge in [-0.25, -0.2) is 4.79 Å². The summed E-state index contributed by atoms with van der Waals surface area (Å²) in [5, 5.41) is 12.7. The van der Waals surface area contributed by atoms with Gasteiger partial charge in [0, 0.05) is 19.6 Å². The third kappa shape index (κ3) is 7.81. The summed E-state index contributed by atoms with van der Waals surface area (Å²) in [4.78, 5) is 16.7. The van der Waals surface area contributed by atoms with E-state index in [1.807, 2.05) is 67.5 Å². The molecule has 0 saturated carbocycles. The third-order valence-electron chi connectivity index (χ3n) is 4.49. The molecule has 0 radical (unpaired) electrons. The van der Waals surface area contributed by atoms with Crippen LogP contribution in [-0.4, -0.2) is 67.3 Å². The summed E-state index contributed by atoms with van der Waals surface area (Å²) < 4.78 is 0. The minimum atomic E-state index is -0.293. The molecule has 0 aromatic heterocycles. The van der Waals surface area contributed by atoms with Crippen molar-refractivity contribution in [2.45, 2.75) is 18.9 Å². The van der Waals surface area contributed by atoms with Crippen LogP contribution >= 0.6 is 0 Å². The number of carbonyl (C=O) groups is 1. The number of hydrogen-bond donors (Lipinski definition) is 2. The number of rotatable bonds is 10. The Morgan fingerprint density at radius 2 is 1.52 bits per heavy atom. The fourth-order valence-electron chi connectivity index (χ4n) is 2.87. The summed E-state index contributed by atoms with van der Waals surface area (Å²) >= 11 is 0. The quantitative estimate of drug-likeness (QED) is 0.676. The number of likely N-dealkylation sites (N-methyl/N-ethyl adjacent to an activating group) is 1. The number of aliphatic hydroxyl groups is 1. The lowest BCUT2D eigenvalue weighted by Crippen LogP contribution is -2.49. The Bertz CT molecular complexity index is 662. The minimum absolute atomic E-state index is 0.0825. The van der Waals surface area contributed by atoms with E-state index >= 15 is 0 Å². The molecular formula is C22H31N3O2. The monoisotopic (exact) mass is 369 g/mol. The van der Waals surface area contributed by atoms with Crippen molar-refractivity contribution in [1.29, 1.82) is 0 Å². The number of benzene rings is 2. The summed E-state index contributed by atoms with van der Waals surface area (Å²) in [5.41, 5.74) is 2.31. The zero-order valence-corrected chi connectivity index (χ0v) is 16.3. The lowest BCUT2D eigenvalue weighted by atomic mass is 10.1. The van der Waals surface area contributed by atoms with Crippen LogP contribution in [0.1, 0.15) is 11.1 Å². The molecule has 5 heteroatoms. The molecule has 0 aliphatic carbocycles. The van der Waals surface area contributed by atoms with Gasteiger partial charge in [0.25, 0.3) is 0 Å². The molecule has 146 valence electrons. The molecule has 5 nitrogen and oxygen atoms in total. The van der Waals surface area contributed by atoms with Crippen LogP contribution in [0.3, 0.4) is 0 Å². The fraction of sp³-hybridized carbons (Fsp3) is 0.409. The third-order valence-corrected chi connectivity index (χ3v) is 4.49. The summed E-state index contributed by atoms with van der Waals surface area (Å²) in [5.74, 6) is 0. The van der Waals surface area contributed by atoms with E-state index in [4.69, 9.17) is 0 Å². The highest BCUT2D eigenvalue weighted by atomic mass is 16.3. The van der Waals surface area contributed by atoms with Gasteiger partial charge < -0.3 is 20.2 Å². The molecule has 1 unspecified atom stereocenters. The van der Waals surface area contributed by atoms with Crippen LogP contribution in [-0.2, 0) is 12.8 Å². The van der Waals surface area contributed by atoms with E-state index < -0.39 is 0 Å². The Hall–Kier alpha value is -2.37. The van der Waals surface area contributed by atoms with E-state index in [1.54, 1.807) is 0 Å². The molecule has 0 spiro atoms. The first-order chi connectivity index (χ1) is 13.1. The Balaban J connectivity index is 1.95. The van der Waals surface area contributed by atoms with E-state index in [2.05, 4.69) is 22.3 Å². The zero-order valence-electron chi connectivity index (χ0n) is 16.3. The predicted octanol–water partition coefficient (Wildman–Crippen LogP) is 2.41. The maximum absolute atomic E-state index is 12.8. The van der Waals surface area contributed by atoms with Crippen molar-refractivity contribution in [2.75, 3.05) is 40.3 Å². The maximum Gasteiger partial charge on any atom is 0.317 e. The molecule has 2 rings (SSSR count). The SMILES string of the molecule is CN(C)CCN(CCc1ccccc1)C(=O)NC(CO)Cc1ccccc1. The summed E-state index contributed by atoms with van der Waals surface area (Å²) in [6, 6.07) is 19.7. The van der Waals surface area contributed by atoms with Crippen molar-refractivity contribution < 1.29 is 9.90 Å². The highest BCUT2D eigenvalue weighted by Crippen LogP contribution is 2.05. The molecule has 27 heavy (non-hydrogen) atoms. The first-order valence-corrected chi connectivity index (χ1v) is 9.47. The first kappa shape index (κ1) is 20.9. The number of nitrogens with one attached hydrogen (secondary N) is 1. The van der Waals surface area contributed by atoms with Crippen molar-refractivity contribution in [3.8, 4) is 0 Å². The predicted molar refractivity (Wildman–Crippen MR) is 110 cm³/mol. The minimum Gasteiger partial charge on any atom is -0.394 e. The molecule has 2 aromatic rings. The van der Waals surface area contributed by atoms with Gasteiger partial charge in [-0.1, -0.05) is 60.7 Å². The highest BCUT2D eigenvalue weighted by Gasteiger charge is 2.18. The molecule has 0 aliphatic rings. The molecule has 0 heterocycles. The number of aliphatic hydroxyl groups excluding tert-OH is 1. The van der Waals surface area contributed by atoms with Gasteiger partial charge in [-0.05, 0) is 38.1 Å². The number of amides is 2. The van der Waals surface area contributed by atoms with Gasteiger partial charge in [0.15, 0.2) is 0 Å². The van der Waals surface area contributed by atoms with E-state index in [1.165, 1.54) is 5.56 Å². The van der Waals surface area contributed by atoms with Crippen molar-refractivity contribution in [3.05, 3.63) is 71.8 Å². The van der Waals surface area contributed by atoms with Gasteiger partial charge >= 0.3 is 6.03 Å². The van der Waals surface area contributed by atoms with E-state index in [0.717, 1.165) is 18.5 Å². The summed E-state index contributed by atoms with van der Waals surface area (Å²) in [7, 11) is 4.00. The average molecular weight is 370 g/mol. The Morgan fingerprint density at radius 3 is 2.07 bits per heavy atom. The standard InChI is InChI=1S/C22H31N3O2/c1-24(2)15-16-25(14-13-19-9-5-3-6-10-19)22(27)23-21(18-26)17-20-11-7-4-8-12-20/h3-12,21,26H,13-18H2,1-2H3,(H,23,27). The number of urea groups is 1. The van der Waals surface area contributed by atoms with Crippen molar-refractivity contribution in [1.82, 2.24) is 15.1 Å². The van der Waals surface area contributed by atoms with Gasteiger partial charge in [0.05, 0.1) is 12.6 Å². The van der Waals surface area contributed by atoms with Gasteiger partial charge in [0.1, 0.15) is 0 Å². The second-order valence-electron chi connectivity index (χ2n) is 7.04. The lowest BCUT2D eigenvalue weighted by Gasteiger charge is -2.27. The van der Waals surface area contributed by atoms with Crippen LogP contribution in [0.25, 0.3) is 0 Å². The molecule has 1 atom stereocenters. The second kappa shape index (κ2) is 11.4. The summed E-state index contributed by atoms with van der Waals surface area (Å²) in [6.07, 6.45) is 1.42. The number of hydrogen-bond acceptors (Lipinski definition) is 3. The fourth-order valence-corrected chi connectivity index (χ4v) is 2.87. The van der Waals surface area contributed by atoms with Gasteiger partial charge in [0.2, 0.25) is 0 Å². The van der Waals surface area contributed by atoms with Crippen LogP contribution in [0.5, 0.6) is 0 Å². The van der Waals surface area contributed by atoms with Crippen molar-refractivity contribution in [3.63, 3.8) is 0 Å². The maximum atomic E-state index is 12.8. The van der Waals surface area contributed by atoms with Gasteiger partial charge in [-0.15, -0.1) is 0 Å². The molecular weight excluding hydrogens is 338 g/mol. The zero-order chi connectivity index (χ0) is 19.5. The van der Waals surface area contributed by atoms with Crippen molar-refractivity contribution in [2.24, 2.45) is 0 Å². The van der Waals surface area contributed by atoms with Crippen molar-refractivity contribution >= 4 is 6.03 Å². The molecule has 2 N–H and O–H groups in total. The highest BCUT2D eigenvalue weighted by molar-refractivity contribution is 5.74. The Labute approximate surface area is 162 Å². The van der Waals surface area contributed by atoms with Crippen LogP contribution in [0.4, 0.5) is 4.79 Å². The van der Waals surface area contributed by atoms with E-state index in [-0.39, 0.29) is 18.7 Å². The Kier molecular flexibility index (Phi) is 8.81. The number of carbonyl (C=O) groups excluding carboxylic acids is 1. The summed E-state index contributed by atoms with van der Waals surface area (Å²) in [6.45, 7) is 2.01. The van der Waals surface area contributed by atoms with E-state index in [9.17, 15) is 9.90 Å². The number of nitrogens with zero attached hydrogens (tertiary/aromatic N) is 2. The molecule has 2 amide bonds. The molecule has 2 aromatic carbocycles. The molecule has 0 fully saturated rings. The topological polar surface area (TPSA) is 55.8 Å². The molecule has 0 aliphatic heterocycles. The molecule has 0 bridgehead atoms. The van der Waals surface area contributed by atoms with Crippen LogP contribution in [0, 0.1) is 0 Å².